The van der Waals surface area contributed by atoms with Gasteiger partial charge in [0.1, 0.15) is 0 Å². The van der Waals surface area contributed by atoms with Crippen LogP contribution in [0.5, 0.6) is 0 Å². The first-order valence-electron chi connectivity index (χ1n) is 3.62. The van der Waals surface area contributed by atoms with E-state index < -0.39 is 0 Å². The minimum atomic E-state index is 1.12. The Bertz CT molecular complexity index is 282. The van der Waals surface area contributed by atoms with Crippen molar-refractivity contribution in [2.45, 2.75) is 13.3 Å². The van der Waals surface area contributed by atoms with Gasteiger partial charge in [0.05, 0.1) is 0 Å². The summed E-state index contributed by atoms with van der Waals surface area (Å²) in [5.74, 6) is 0. The molecule has 0 fully saturated rings. The van der Waals surface area contributed by atoms with Gasteiger partial charge in [-0.05, 0) is 24.5 Å². The molecule has 1 aliphatic rings. The van der Waals surface area contributed by atoms with Crippen molar-refractivity contribution in [3.05, 3.63) is 41.0 Å². The Morgan fingerprint density at radius 1 is 1.30 bits per heavy atom. The van der Waals surface area contributed by atoms with Crippen LogP contribution in [0.1, 0.15) is 16.7 Å². The van der Waals surface area contributed by atoms with Crippen molar-refractivity contribution < 1.29 is 0 Å². The number of allylic oxidation sites excluding steroid dienone is 1. The molecule has 2 rings (SSSR count). The molecule has 10 heavy (non-hydrogen) atoms. The molecule has 0 N–H and O–H groups in total. The van der Waals surface area contributed by atoms with Crippen LogP contribution in [0.2, 0.25) is 0 Å². The van der Waals surface area contributed by atoms with Crippen LogP contribution in [-0.2, 0) is 6.42 Å². The maximum atomic E-state index is 2.26. The molecule has 50 valence electrons. The van der Waals surface area contributed by atoms with E-state index in [1.165, 1.54) is 16.7 Å². The van der Waals surface area contributed by atoms with Crippen molar-refractivity contribution >= 4 is 6.08 Å². The predicted molar refractivity (Wildman–Crippen MR) is 43.9 cm³/mol. The smallest absolute Gasteiger partial charge is 0.00881 e. The Morgan fingerprint density at radius 2 is 2.20 bits per heavy atom. The average molecular weight is 130 g/mol. The molecule has 0 nitrogen and oxygen atoms in total. The highest BCUT2D eigenvalue weighted by molar-refractivity contribution is 5.60. The molecule has 0 aliphatic heterocycles. The Hall–Kier alpha value is -1.04. The Morgan fingerprint density at radius 3 is 3.10 bits per heavy atom. The molecule has 0 atom stereocenters. The molecule has 0 saturated carbocycles. The van der Waals surface area contributed by atoms with Gasteiger partial charge in [-0.3, -0.25) is 0 Å². The Balaban J connectivity index is 2.59. The normalized spacial score (nSPS) is 13.7. The van der Waals surface area contributed by atoms with Gasteiger partial charge in [-0.2, -0.15) is 0 Å². The minimum Gasteiger partial charge on any atom is -0.0795 e. The van der Waals surface area contributed by atoms with Gasteiger partial charge in [0.25, 0.3) is 0 Å². The van der Waals surface area contributed by atoms with Gasteiger partial charge in [0, 0.05) is 0 Å². The average Bonchev–Trinajstić information content (AvgIpc) is 2.33. The van der Waals surface area contributed by atoms with Crippen molar-refractivity contribution in [1.82, 2.24) is 0 Å². The molecule has 0 aromatic heterocycles. The lowest BCUT2D eigenvalue weighted by molar-refractivity contribution is 1.28. The second-order valence-corrected chi connectivity index (χ2v) is 2.81. The molecule has 0 heterocycles. The Kier molecular flexibility index (Phi) is 1.13. The SMILES string of the molecule is Cc1ccc2c(c1)CC=C2. The second kappa shape index (κ2) is 1.98. The summed E-state index contributed by atoms with van der Waals surface area (Å²) in [4.78, 5) is 0. The summed E-state index contributed by atoms with van der Waals surface area (Å²) in [6.07, 6.45) is 5.52. The molecule has 0 amide bonds. The van der Waals surface area contributed by atoms with Crippen LogP contribution in [-0.4, -0.2) is 0 Å². The zero-order chi connectivity index (χ0) is 6.97. The Labute approximate surface area is 61.2 Å². The maximum absolute atomic E-state index is 2.26. The van der Waals surface area contributed by atoms with E-state index in [4.69, 9.17) is 0 Å². The van der Waals surface area contributed by atoms with Gasteiger partial charge in [-0.15, -0.1) is 0 Å². The van der Waals surface area contributed by atoms with Crippen LogP contribution in [0, 0.1) is 6.92 Å². The molecular weight excluding hydrogens is 120 g/mol. The van der Waals surface area contributed by atoms with E-state index >= 15 is 0 Å². The highest BCUT2D eigenvalue weighted by atomic mass is 14.1. The van der Waals surface area contributed by atoms with Crippen LogP contribution in [0.25, 0.3) is 6.08 Å². The van der Waals surface area contributed by atoms with E-state index in [0.29, 0.717) is 0 Å². The number of fused-ring (bicyclic) bond motifs is 1. The van der Waals surface area contributed by atoms with Gasteiger partial charge >= 0.3 is 0 Å². The molecule has 0 heteroatoms. The van der Waals surface area contributed by atoms with Crippen molar-refractivity contribution in [1.29, 1.82) is 0 Å². The van der Waals surface area contributed by atoms with E-state index in [-0.39, 0.29) is 0 Å². The summed E-state index contributed by atoms with van der Waals surface area (Å²) >= 11 is 0. The van der Waals surface area contributed by atoms with Gasteiger partial charge in [-0.25, -0.2) is 0 Å². The van der Waals surface area contributed by atoms with Gasteiger partial charge in [0.15, 0.2) is 0 Å². The number of aryl methyl sites for hydroxylation is 1. The third-order valence-corrected chi connectivity index (χ3v) is 1.93. The molecule has 0 radical (unpaired) electrons. The van der Waals surface area contributed by atoms with Crippen LogP contribution < -0.4 is 0 Å². The molecule has 0 spiro atoms. The fourth-order valence-corrected chi connectivity index (χ4v) is 1.39. The van der Waals surface area contributed by atoms with E-state index in [2.05, 4.69) is 37.3 Å². The first kappa shape index (κ1) is 5.72. The summed E-state index contributed by atoms with van der Waals surface area (Å²) < 4.78 is 0. The standard InChI is InChI=1S/C10H10/c1-8-5-6-9-3-2-4-10(9)7-8/h2-3,5-7H,4H2,1H3. The highest BCUT2D eigenvalue weighted by Crippen LogP contribution is 2.19. The molecule has 0 unspecified atom stereocenters. The van der Waals surface area contributed by atoms with Crippen LogP contribution >= 0.6 is 0 Å². The fourth-order valence-electron chi connectivity index (χ4n) is 1.39. The van der Waals surface area contributed by atoms with Gasteiger partial charge < -0.3 is 0 Å². The molecule has 1 aliphatic carbocycles. The lowest BCUT2D eigenvalue weighted by Gasteiger charge is -1.98. The number of hydrogen-bond donors (Lipinski definition) is 0. The topological polar surface area (TPSA) is 0 Å². The van der Waals surface area contributed by atoms with E-state index in [0.717, 1.165) is 6.42 Å². The van der Waals surface area contributed by atoms with Crippen LogP contribution in [0.4, 0.5) is 0 Å². The highest BCUT2D eigenvalue weighted by Gasteiger charge is 2.02. The first-order chi connectivity index (χ1) is 4.86. The summed E-state index contributed by atoms with van der Waals surface area (Å²) in [6, 6.07) is 6.61. The summed E-state index contributed by atoms with van der Waals surface area (Å²) in [6.45, 7) is 2.14. The van der Waals surface area contributed by atoms with E-state index in [9.17, 15) is 0 Å². The van der Waals surface area contributed by atoms with Gasteiger partial charge in [0.2, 0.25) is 0 Å². The van der Waals surface area contributed by atoms with E-state index in [1.54, 1.807) is 0 Å². The zero-order valence-corrected chi connectivity index (χ0v) is 6.09. The fraction of sp³-hybridized carbons (Fsp3) is 0.200. The molecule has 0 saturated heterocycles. The van der Waals surface area contributed by atoms with Crippen molar-refractivity contribution in [3.63, 3.8) is 0 Å². The third-order valence-electron chi connectivity index (χ3n) is 1.93. The maximum Gasteiger partial charge on any atom is -0.00881 e. The largest absolute Gasteiger partial charge is 0.0795 e. The minimum absolute atomic E-state index is 1.12. The van der Waals surface area contributed by atoms with Crippen molar-refractivity contribution in [3.8, 4) is 0 Å². The first-order valence-corrected chi connectivity index (χ1v) is 3.62. The number of benzene rings is 1. The summed E-state index contributed by atoms with van der Waals surface area (Å²) in [7, 11) is 0. The molecule has 0 bridgehead atoms. The second-order valence-electron chi connectivity index (χ2n) is 2.81. The predicted octanol–water partition coefficient (Wildman–Crippen LogP) is 2.56. The lowest BCUT2D eigenvalue weighted by Crippen LogP contribution is -1.81. The van der Waals surface area contributed by atoms with Crippen molar-refractivity contribution in [2.75, 3.05) is 0 Å². The summed E-state index contributed by atoms with van der Waals surface area (Å²) in [5.41, 5.74) is 4.23. The molecule has 1 aromatic carbocycles. The third kappa shape index (κ3) is 0.766. The van der Waals surface area contributed by atoms with Crippen LogP contribution in [0.3, 0.4) is 0 Å². The number of hydrogen-bond acceptors (Lipinski definition) is 0. The lowest BCUT2D eigenvalue weighted by atomic mass is 10.1. The molecule has 1 aromatic rings. The van der Waals surface area contributed by atoms with Crippen LogP contribution in [0.15, 0.2) is 24.3 Å². The molecular formula is C10H10. The summed E-state index contributed by atoms with van der Waals surface area (Å²) in [5, 5.41) is 0. The van der Waals surface area contributed by atoms with Gasteiger partial charge in [-0.1, -0.05) is 35.9 Å². The van der Waals surface area contributed by atoms with Crippen molar-refractivity contribution in [2.24, 2.45) is 0 Å². The zero-order valence-electron chi connectivity index (χ0n) is 6.09. The monoisotopic (exact) mass is 130 g/mol. The van der Waals surface area contributed by atoms with E-state index in [1.807, 2.05) is 0 Å². The number of rotatable bonds is 0. The quantitative estimate of drug-likeness (QED) is 0.506.